The molecule has 2 rings (SSSR count). The quantitative estimate of drug-likeness (QED) is 0.852. The topological polar surface area (TPSA) is 62.3 Å². The van der Waals surface area contributed by atoms with E-state index < -0.39 is 5.97 Å². The van der Waals surface area contributed by atoms with Gasteiger partial charge in [0.2, 0.25) is 0 Å². The van der Waals surface area contributed by atoms with Crippen LogP contribution in [0.3, 0.4) is 0 Å². The van der Waals surface area contributed by atoms with Gasteiger partial charge in [0, 0.05) is 16.6 Å². The highest BCUT2D eigenvalue weighted by molar-refractivity contribution is 5.89. The van der Waals surface area contributed by atoms with E-state index in [-0.39, 0.29) is 6.42 Å². The number of hydrogen-bond acceptors (Lipinski definition) is 2. The molecule has 0 aliphatic rings. The maximum atomic E-state index is 10.8. The maximum Gasteiger partial charge on any atom is 0.307 e. The first-order valence-electron chi connectivity index (χ1n) is 5.57. The molecule has 2 N–H and O–H groups in total. The normalized spacial score (nSPS) is 10.7. The second-order valence-electron chi connectivity index (χ2n) is 3.94. The molecule has 4 heteroatoms. The zero-order valence-corrected chi connectivity index (χ0v) is 9.91. The molecule has 0 aliphatic heterocycles. The number of ether oxygens (including phenoxy) is 1. The van der Waals surface area contributed by atoms with Crippen LogP contribution in [0.5, 0.6) is 5.75 Å². The molecule has 0 spiro atoms. The van der Waals surface area contributed by atoms with Crippen LogP contribution in [0.25, 0.3) is 10.9 Å². The van der Waals surface area contributed by atoms with Gasteiger partial charge in [0.25, 0.3) is 0 Å². The molecule has 0 atom stereocenters. The van der Waals surface area contributed by atoms with E-state index in [1.54, 1.807) is 0 Å². The molecule has 0 amide bonds. The molecule has 1 aromatic carbocycles. The zero-order valence-electron chi connectivity index (χ0n) is 9.91. The molecular formula is C13H15NO3. The number of aliphatic carboxylic acids is 1. The van der Waals surface area contributed by atoms with Crippen molar-refractivity contribution in [1.82, 2.24) is 4.98 Å². The number of nitrogens with one attached hydrogen (secondary N) is 1. The van der Waals surface area contributed by atoms with Crippen molar-refractivity contribution < 1.29 is 14.6 Å². The largest absolute Gasteiger partial charge is 0.494 e. The summed E-state index contributed by atoms with van der Waals surface area (Å²) in [5, 5.41) is 9.82. The lowest BCUT2D eigenvalue weighted by molar-refractivity contribution is -0.136. The number of aryl methyl sites for hydroxylation is 1. The van der Waals surface area contributed by atoms with E-state index in [0.717, 1.165) is 27.9 Å². The SMILES string of the molecule is CCOc1ccc2[nH]c(C)c(CC(=O)O)c2c1. The van der Waals surface area contributed by atoms with Gasteiger partial charge >= 0.3 is 5.97 Å². The molecule has 0 bridgehead atoms. The molecule has 0 saturated heterocycles. The predicted molar refractivity (Wildman–Crippen MR) is 65.5 cm³/mol. The van der Waals surface area contributed by atoms with Gasteiger partial charge in [-0.3, -0.25) is 4.79 Å². The average Bonchev–Trinajstić information content (AvgIpc) is 2.56. The molecule has 17 heavy (non-hydrogen) atoms. The van der Waals surface area contributed by atoms with E-state index in [4.69, 9.17) is 9.84 Å². The molecule has 4 nitrogen and oxygen atoms in total. The summed E-state index contributed by atoms with van der Waals surface area (Å²) in [5.74, 6) is -0.0542. The van der Waals surface area contributed by atoms with Crippen molar-refractivity contribution in [3.63, 3.8) is 0 Å². The minimum absolute atomic E-state index is 0.0292. The number of H-pyrrole nitrogens is 1. The standard InChI is InChI=1S/C13H15NO3/c1-3-17-9-4-5-12-11(6-9)10(7-13(15)16)8(2)14-12/h4-6,14H,3,7H2,1-2H3,(H,15,16). The summed E-state index contributed by atoms with van der Waals surface area (Å²) in [6.07, 6.45) is 0.0292. The molecule has 0 radical (unpaired) electrons. The number of carbonyl (C=O) groups is 1. The number of aromatic nitrogens is 1. The van der Waals surface area contributed by atoms with Gasteiger partial charge in [0.05, 0.1) is 13.0 Å². The lowest BCUT2D eigenvalue weighted by Gasteiger charge is -2.03. The molecule has 90 valence electrons. The first-order valence-corrected chi connectivity index (χ1v) is 5.57. The Kier molecular flexibility index (Phi) is 3.04. The molecular weight excluding hydrogens is 218 g/mol. The van der Waals surface area contributed by atoms with Crippen LogP contribution < -0.4 is 4.74 Å². The van der Waals surface area contributed by atoms with E-state index in [0.29, 0.717) is 6.61 Å². The Morgan fingerprint density at radius 2 is 2.24 bits per heavy atom. The Balaban J connectivity index is 2.52. The molecule has 0 fully saturated rings. The molecule has 0 saturated carbocycles. The number of carboxylic acid groups (broad SMARTS) is 1. The van der Waals surface area contributed by atoms with Crippen LogP contribution in [0.15, 0.2) is 18.2 Å². The summed E-state index contributed by atoms with van der Waals surface area (Å²) in [6, 6.07) is 5.69. The predicted octanol–water partition coefficient (Wildman–Crippen LogP) is 2.50. The van der Waals surface area contributed by atoms with Crippen molar-refractivity contribution >= 4 is 16.9 Å². The van der Waals surface area contributed by atoms with E-state index in [1.807, 2.05) is 32.0 Å². The second kappa shape index (κ2) is 4.49. The number of hydrogen-bond donors (Lipinski definition) is 2. The van der Waals surface area contributed by atoms with Gasteiger partial charge in [-0.25, -0.2) is 0 Å². The van der Waals surface area contributed by atoms with Gasteiger partial charge in [0.15, 0.2) is 0 Å². The number of carboxylic acids is 1. The van der Waals surface area contributed by atoms with Crippen LogP contribution in [0.1, 0.15) is 18.2 Å². The molecule has 1 heterocycles. The Morgan fingerprint density at radius 1 is 1.47 bits per heavy atom. The fourth-order valence-corrected chi connectivity index (χ4v) is 2.00. The average molecular weight is 233 g/mol. The molecule has 0 unspecified atom stereocenters. The summed E-state index contributed by atoms with van der Waals surface area (Å²) >= 11 is 0. The molecule has 0 aliphatic carbocycles. The minimum Gasteiger partial charge on any atom is -0.494 e. The number of rotatable bonds is 4. The smallest absolute Gasteiger partial charge is 0.307 e. The van der Waals surface area contributed by atoms with E-state index in [9.17, 15) is 4.79 Å². The first-order chi connectivity index (χ1) is 8.11. The lowest BCUT2D eigenvalue weighted by atomic mass is 10.1. The third kappa shape index (κ3) is 2.25. The third-order valence-corrected chi connectivity index (χ3v) is 2.73. The van der Waals surface area contributed by atoms with Crippen molar-refractivity contribution in [3.8, 4) is 5.75 Å². The van der Waals surface area contributed by atoms with Gasteiger partial charge in [0.1, 0.15) is 5.75 Å². The van der Waals surface area contributed by atoms with Gasteiger partial charge in [-0.05, 0) is 37.6 Å². The lowest BCUT2D eigenvalue weighted by Crippen LogP contribution is -2.00. The van der Waals surface area contributed by atoms with Crippen LogP contribution in [0.2, 0.25) is 0 Å². The van der Waals surface area contributed by atoms with E-state index >= 15 is 0 Å². The Hall–Kier alpha value is -1.97. The summed E-state index contributed by atoms with van der Waals surface area (Å²) in [4.78, 5) is 14.0. The second-order valence-corrected chi connectivity index (χ2v) is 3.94. The highest BCUT2D eigenvalue weighted by Gasteiger charge is 2.12. The van der Waals surface area contributed by atoms with Crippen LogP contribution in [-0.4, -0.2) is 22.7 Å². The Morgan fingerprint density at radius 3 is 2.88 bits per heavy atom. The van der Waals surface area contributed by atoms with Crippen LogP contribution in [-0.2, 0) is 11.2 Å². The monoisotopic (exact) mass is 233 g/mol. The number of benzene rings is 1. The zero-order chi connectivity index (χ0) is 12.4. The van der Waals surface area contributed by atoms with Crippen molar-refractivity contribution in [1.29, 1.82) is 0 Å². The van der Waals surface area contributed by atoms with E-state index in [2.05, 4.69) is 4.98 Å². The van der Waals surface area contributed by atoms with Gasteiger partial charge in [-0.1, -0.05) is 0 Å². The van der Waals surface area contributed by atoms with Crippen molar-refractivity contribution in [3.05, 3.63) is 29.5 Å². The highest BCUT2D eigenvalue weighted by atomic mass is 16.5. The first kappa shape index (κ1) is 11.5. The van der Waals surface area contributed by atoms with E-state index in [1.165, 1.54) is 0 Å². The minimum atomic E-state index is -0.823. The highest BCUT2D eigenvalue weighted by Crippen LogP contribution is 2.26. The Bertz CT molecular complexity index is 557. The fraction of sp³-hybridized carbons (Fsp3) is 0.308. The summed E-state index contributed by atoms with van der Waals surface area (Å²) in [7, 11) is 0. The summed E-state index contributed by atoms with van der Waals surface area (Å²) in [6.45, 7) is 4.41. The molecule has 1 aromatic heterocycles. The van der Waals surface area contributed by atoms with Crippen molar-refractivity contribution in [2.45, 2.75) is 20.3 Å². The van der Waals surface area contributed by atoms with Crippen molar-refractivity contribution in [2.75, 3.05) is 6.61 Å². The van der Waals surface area contributed by atoms with Crippen LogP contribution in [0.4, 0.5) is 0 Å². The van der Waals surface area contributed by atoms with Crippen molar-refractivity contribution in [2.24, 2.45) is 0 Å². The maximum absolute atomic E-state index is 10.8. The Labute approximate surface area is 99.2 Å². The third-order valence-electron chi connectivity index (χ3n) is 2.73. The van der Waals surface area contributed by atoms with Crippen LogP contribution >= 0.6 is 0 Å². The summed E-state index contributed by atoms with van der Waals surface area (Å²) < 4.78 is 5.42. The van der Waals surface area contributed by atoms with Crippen LogP contribution in [0, 0.1) is 6.92 Å². The number of aromatic amines is 1. The van der Waals surface area contributed by atoms with Gasteiger partial charge in [-0.15, -0.1) is 0 Å². The van der Waals surface area contributed by atoms with Gasteiger partial charge < -0.3 is 14.8 Å². The number of fused-ring (bicyclic) bond motifs is 1. The summed E-state index contributed by atoms with van der Waals surface area (Å²) in [5.41, 5.74) is 2.67. The van der Waals surface area contributed by atoms with Gasteiger partial charge in [-0.2, -0.15) is 0 Å². The molecule has 2 aromatic rings. The fourth-order valence-electron chi connectivity index (χ4n) is 2.00.